The number of aliphatic hydroxyl groups is 2. The molecule has 0 aromatic heterocycles. The van der Waals surface area contributed by atoms with Crippen LogP contribution in [0.5, 0.6) is 0 Å². The van der Waals surface area contributed by atoms with Gasteiger partial charge >= 0.3 is 0 Å². The number of allylic oxidation sites excluding steroid dienone is 2. The van der Waals surface area contributed by atoms with E-state index >= 15 is 0 Å². The molecular weight excluding hydrogens is 392 g/mol. The SMILES string of the molecule is C[C@H](CO)CCC[C@H](C)[C@@H]1CC[C@]2(C)C3=CC[C@H]4C(C)(C)[C@@H](O)CC[C@]4(C)[C@H]3CC[C@@]12C. The molecule has 0 aliphatic heterocycles. The highest BCUT2D eigenvalue weighted by Gasteiger charge is 2.65. The first-order chi connectivity index (χ1) is 14.9. The first kappa shape index (κ1) is 24.8. The lowest BCUT2D eigenvalue weighted by atomic mass is 9.41. The van der Waals surface area contributed by atoms with Gasteiger partial charge in [0.15, 0.2) is 0 Å². The molecule has 3 saturated carbocycles. The number of aliphatic hydroxyl groups excluding tert-OH is 2. The van der Waals surface area contributed by atoms with Crippen molar-refractivity contribution < 1.29 is 10.2 Å². The van der Waals surface area contributed by atoms with Gasteiger partial charge in [0.1, 0.15) is 0 Å². The van der Waals surface area contributed by atoms with E-state index in [2.05, 4.69) is 54.5 Å². The molecule has 9 atom stereocenters. The van der Waals surface area contributed by atoms with Crippen LogP contribution < -0.4 is 0 Å². The molecule has 0 amide bonds. The van der Waals surface area contributed by atoms with E-state index in [1.54, 1.807) is 0 Å². The summed E-state index contributed by atoms with van der Waals surface area (Å²) in [5, 5.41) is 20.2. The second-order valence-corrected chi connectivity index (χ2v) is 14.0. The van der Waals surface area contributed by atoms with E-state index in [1.165, 1.54) is 44.9 Å². The second kappa shape index (κ2) is 8.40. The first-order valence-corrected chi connectivity index (χ1v) is 13.9. The third-order valence-electron chi connectivity index (χ3n) is 12.2. The van der Waals surface area contributed by atoms with Gasteiger partial charge in [0.2, 0.25) is 0 Å². The zero-order valence-electron chi connectivity index (χ0n) is 22.2. The molecule has 0 unspecified atom stereocenters. The monoisotopic (exact) mass is 444 g/mol. The highest BCUT2D eigenvalue weighted by molar-refractivity contribution is 5.33. The lowest BCUT2D eigenvalue weighted by Crippen LogP contribution is -2.58. The Morgan fingerprint density at radius 3 is 2.38 bits per heavy atom. The molecule has 3 fully saturated rings. The van der Waals surface area contributed by atoms with Crippen LogP contribution in [0, 0.1) is 51.2 Å². The Hall–Kier alpha value is -0.340. The summed E-state index contributed by atoms with van der Waals surface area (Å²) in [7, 11) is 0. The standard InChI is InChI=1S/C30H52O2/c1-20(19-31)9-8-10-21(2)22-13-17-30(7)24-11-12-25-27(3,4)26(32)15-16-28(25,5)23(24)14-18-29(22,30)6/h11,20-23,25-26,31-32H,8-10,12-19H2,1-7H3/t20-,21-,22-,23-,25-,26-,28+,29-,30+/m0/s1. The summed E-state index contributed by atoms with van der Waals surface area (Å²) in [5.41, 5.74) is 2.96. The number of fused-ring (bicyclic) bond motifs is 5. The molecular formula is C30H52O2. The summed E-state index contributed by atoms with van der Waals surface area (Å²) in [5.74, 6) is 3.37. The minimum atomic E-state index is -0.148. The minimum absolute atomic E-state index is 0.0229. The fourth-order valence-corrected chi connectivity index (χ4v) is 9.73. The quantitative estimate of drug-likeness (QED) is 0.419. The first-order valence-electron chi connectivity index (χ1n) is 13.9. The van der Waals surface area contributed by atoms with Crippen molar-refractivity contribution in [3.63, 3.8) is 0 Å². The third-order valence-corrected chi connectivity index (χ3v) is 12.2. The van der Waals surface area contributed by atoms with Crippen LogP contribution >= 0.6 is 0 Å². The fraction of sp³-hybridized carbons (Fsp3) is 0.933. The average Bonchev–Trinajstić information content (AvgIpc) is 3.02. The van der Waals surface area contributed by atoms with Gasteiger partial charge in [-0.3, -0.25) is 0 Å². The van der Waals surface area contributed by atoms with Gasteiger partial charge in [-0.1, -0.05) is 73.0 Å². The van der Waals surface area contributed by atoms with E-state index in [0.717, 1.165) is 31.1 Å². The van der Waals surface area contributed by atoms with Crippen molar-refractivity contribution in [1.82, 2.24) is 0 Å². The maximum Gasteiger partial charge on any atom is 0.0594 e. The van der Waals surface area contributed by atoms with E-state index in [4.69, 9.17) is 0 Å². The molecule has 2 N–H and O–H groups in total. The van der Waals surface area contributed by atoms with Crippen LogP contribution in [0.15, 0.2) is 11.6 Å². The van der Waals surface area contributed by atoms with Gasteiger partial charge < -0.3 is 10.2 Å². The van der Waals surface area contributed by atoms with Gasteiger partial charge in [0.05, 0.1) is 6.10 Å². The Balaban J connectivity index is 1.57. The molecule has 0 aromatic carbocycles. The highest BCUT2D eigenvalue weighted by atomic mass is 16.3. The van der Waals surface area contributed by atoms with Crippen LogP contribution in [0.2, 0.25) is 0 Å². The lowest BCUT2D eigenvalue weighted by molar-refractivity contribution is -0.131. The largest absolute Gasteiger partial charge is 0.396 e. The van der Waals surface area contributed by atoms with Gasteiger partial charge in [-0.2, -0.15) is 0 Å². The van der Waals surface area contributed by atoms with Crippen molar-refractivity contribution in [3.05, 3.63) is 11.6 Å². The maximum absolute atomic E-state index is 10.8. The Labute approximate surface area is 198 Å². The van der Waals surface area contributed by atoms with Crippen LogP contribution in [-0.2, 0) is 0 Å². The van der Waals surface area contributed by atoms with Crippen molar-refractivity contribution >= 4 is 0 Å². The highest BCUT2D eigenvalue weighted by Crippen LogP contribution is 2.73. The molecule has 0 heterocycles. The third kappa shape index (κ3) is 3.48. The van der Waals surface area contributed by atoms with Crippen molar-refractivity contribution in [3.8, 4) is 0 Å². The van der Waals surface area contributed by atoms with Gasteiger partial charge in [-0.25, -0.2) is 0 Å². The Bertz CT molecular complexity index is 724. The molecule has 32 heavy (non-hydrogen) atoms. The molecule has 4 aliphatic rings. The van der Waals surface area contributed by atoms with E-state index in [-0.39, 0.29) is 11.5 Å². The van der Waals surface area contributed by atoms with E-state index in [1.807, 2.05) is 5.57 Å². The molecule has 0 spiro atoms. The average molecular weight is 445 g/mol. The molecule has 2 heteroatoms. The molecule has 0 radical (unpaired) electrons. The molecule has 184 valence electrons. The summed E-state index contributed by atoms with van der Waals surface area (Å²) in [4.78, 5) is 0. The van der Waals surface area contributed by atoms with Gasteiger partial charge in [0, 0.05) is 6.61 Å². The summed E-state index contributed by atoms with van der Waals surface area (Å²) >= 11 is 0. The Kier molecular flexibility index (Phi) is 6.50. The normalized spacial score (nSPS) is 47.1. The van der Waals surface area contributed by atoms with E-state index < -0.39 is 0 Å². The molecule has 0 bridgehead atoms. The molecule has 4 rings (SSSR count). The summed E-state index contributed by atoms with van der Waals surface area (Å²) in [6.07, 6.45) is 15.1. The molecule has 0 aromatic rings. The number of rotatable bonds is 6. The molecule has 0 saturated heterocycles. The van der Waals surface area contributed by atoms with E-state index in [0.29, 0.717) is 40.6 Å². The number of hydrogen-bond acceptors (Lipinski definition) is 2. The Morgan fingerprint density at radius 1 is 0.969 bits per heavy atom. The van der Waals surface area contributed by atoms with Crippen molar-refractivity contribution in [1.29, 1.82) is 0 Å². The summed E-state index contributed by atoms with van der Waals surface area (Å²) in [6, 6.07) is 0. The fourth-order valence-electron chi connectivity index (χ4n) is 9.73. The van der Waals surface area contributed by atoms with Crippen LogP contribution in [0.4, 0.5) is 0 Å². The number of hydrogen-bond donors (Lipinski definition) is 2. The second-order valence-electron chi connectivity index (χ2n) is 14.0. The van der Waals surface area contributed by atoms with Crippen molar-refractivity contribution in [2.75, 3.05) is 6.61 Å². The summed E-state index contributed by atoms with van der Waals surface area (Å²) < 4.78 is 0. The van der Waals surface area contributed by atoms with Gasteiger partial charge in [-0.15, -0.1) is 0 Å². The van der Waals surface area contributed by atoms with Crippen LogP contribution in [-0.4, -0.2) is 22.9 Å². The van der Waals surface area contributed by atoms with Crippen molar-refractivity contribution in [2.45, 2.75) is 119 Å². The topological polar surface area (TPSA) is 40.5 Å². The van der Waals surface area contributed by atoms with E-state index in [9.17, 15) is 10.2 Å². The van der Waals surface area contributed by atoms with Gasteiger partial charge in [0.25, 0.3) is 0 Å². The zero-order chi connectivity index (χ0) is 23.5. The molecule has 2 nitrogen and oxygen atoms in total. The van der Waals surface area contributed by atoms with Crippen LogP contribution in [0.25, 0.3) is 0 Å². The summed E-state index contributed by atoms with van der Waals surface area (Å²) in [6.45, 7) is 17.6. The predicted molar refractivity (Wildman–Crippen MR) is 134 cm³/mol. The van der Waals surface area contributed by atoms with Crippen LogP contribution in [0.1, 0.15) is 113 Å². The minimum Gasteiger partial charge on any atom is -0.396 e. The lowest BCUT2D eigenvalue weighted by Gasteiger charge is -2.64. The van der Waals surface area contributed by atoms with Gasteiger partial charge in [-0.05, 0) is 103 Å². The zero-order valence-corrected chi connectivity index (χ0v) is 22.2. The smallest absolute Gasteiger partial charge is 0.0594 e. The maximum atomic E-state index is 10.8. The van der Waals surface area contributed by atoms with Crippen LogP contribution in [0.3, 0.4) is 0 Å². The predicted octanol–water partition coefficient (Wildman–Crippen LogP) is 7.39. The van der Waals surface area contributed by atoms with Crippen molar-refractivity contribution in [2.24, 2.45) is 51.2 Å². The molecule has 4 aliphatic carbocycles. The Morgan fingerprint density at radius 2 is 1.69 bits per heavy atom.